The predicted molar refractivity (Wildman–Crippen MR) is 131 cm³/mol. The van der Waals surface area contributed by atoms with Crippen LogP contribution in [0, 0.1) is 5.82 Å². The highest BCUT2D eigenvalue weighted by Crippen LogP contribution is 2.43. The second kappa shape index (κ2) is 9.91. The second-order valence-electron chi connectivity index (χ2n) is 8.01. The van der Waals surface area contributed by atoms with E-state index < -0.39 is 29.3 Å². The molecule has 2 N–H and O–H groups in total. The van der Waals surface area contributed by atoms with Crippen LogP contribution in [-0.4, -0.2) is 36.9 Å². The van der Waals surface area contributed by atoms with E-state index in [1.165, 1.54) is 32.1 Å². The van der Waals surface area contributed by atoms with Gasteiger partial charge in [-0.1, -0.05) is 12.1 Å². The van der Waals surface area contributed by atoms with E-state index in [9.17, 15) is 23.9 Å². The fourth-order valence-electron chi connectivity index (χ4n) is 4.12. The number of carbonyl (C=O) groups excluding carboxylic acids is 3. The maximum atomic E-state index is 14.1. The zero-order valence-corrected chi connectivity index (χ0v) is 19.7. The van der Waals surface area contributed by atoms with E-state index in [0.717, 1.165) is 12.1 Å². The van der Waals surface area contributed by atoms with Gasteiger partial charge in [0.25, 0.3) is 11.7 Å². The van der Waals surface area contributed by atoms with Crippen LogP contribution in [0.2, 0.25) is 0 Å². The summed E-state index contributed by atoms with van der Waals surface area (Å²) in [7, 11) is 2.86. The molecule has 1 unspecified atom stereocenters. The Morgan fingerprint density at radius 2 is 1.64 bits per heavy atom. The van der Waals surface area contributed by atoms with Crippen LogP contribution in [0.4, 0.5) is 15.8 Å². The highest BCUT2D eigenvalue weighted by Gasteiger charge is 2.47. The van der Waals surface area contributed by atoms with Crippen molar-refractivity contribution in [2.24, 2.45) is 0 Å². The van der Waals surface area contributed by atoms with Crippen molar-refractivity contribution in [1.29, 1.82) is 0 Å². The normalized spacial score (nSPS) is 16.7. The lowest BCUT2D eigenvalue weighted by Crippen LogP contribution is -2.29. The van der Waals surface area contributed by atoms with Gasteiger partial charge in [0.15, 0.2) is 0 Å². The van der Waals surface area contributed by atoms with Gasteiger partial charge in [0.1, 0.15) is 23.1 Å². The van der Waals surface area contributed by atoms with E-state index in [1.54, 1.807) is 48.5 Å². The van der Waals surface area contributed by atoms with Crippen molar-refractivity contribution in [1.82, 2.24) is 0 Å². The number of hydrogen-bond acceptors (Lipinski definition) is 6. The SMILES string of the molecule is COc1ccc(C2/C(=C(\O)c3cc(F)ccc3OC)C(=O)C(=O)N2c2ccc(NC(C)=O)cc2)cc1. The van der Waals surface area contributed by atoms with Gasteiger partial charge in [-0.25, -0.2) is 4.39 Å². The largest absolute Gasteiger partial charge is 0.507 e. The van der Waals surface area contributed by atoms with Crippen molar-refractivity contribution in [3.05, 3.63) is 89.2 Å². The summed E-state index contributed by atoms with van der Waals surface area (Å²) in [4.78, 5) is 39.2. The average Bonchev–Trinajstić information content (AvgIpc) is 3.14. The number of aliphatic hydroxyl groups is 1. The van der Waals surface area contributed by atoms with E-state index in [0.29, 0.717) is 22.7 Å². The summed E-state index contributed by atoms with van der Waals surface area (Å²) in [6.45, 7) is 1.37. The first kappa shape index (κ1) is 24.5. The second-order valence-corrected chi connectivity index (χ2v) is 8.01. The third-order valence-corrected chi connectivity index (χ3v) is 5.76. The van der Waals surface area contributed by atoms with Crippen molar-refractivity contribution in [3.8, 4) is 11.5 Å². The van der Waals surface area contributed by atoms with Gasteiger partial charge in [-0.2, -0.15) is 0 Å². The van der Waals surface area contributed by atoms with E-state index in [-0.39, 0.29) is 22.8 Å². The number of nitrogens with zero attached hydrogens (tertiary/aromatic N) is 1. The van der Waals surface area contributed by atoms with Crippen LogP contribution in [-0.2, 0) is 14.4 Å². The number of hydrogen-bond donors (Lipinski definition) is 2. The third kappa shape index (κ3) is 4.50. The Labute approximate surface area is 206 Å². The number of halogens is 1. The summed E-state index contributed by atoms with van der Waals surface area (Å²) >= 11 is 0. The molecular formula is C27H23FN2O6. The molecule has 0 saturated carbocycles. The maximum absolute atomic E-state index is 14.1. The first-order valence-electron chi connectivity index (χ1n) is 10.9. The zero-order valence-electron chi connectivity index (χ0n) is 19.7. The van der Waals surface area contributed by atoms with Crippen molar-refractivity contribution in [3.63, 3.8) is 0 Å². The lowest BCUT2D eigenvalue weighted by Gasteiger charge is -2.26. The highest BCUT2D eigenvalue weighted by atomic mass is 19.1. The minimum Gasteiger partial charge on any atom is -0.507 e. The topological polar surface area (TPSA) is 105 Å². The van der Waals surface area contributed by atoms with Gasteiger partial charge >= 0.3 is 0 Å². The lowest BCUT2D eigenvalue weighted by atomic mass is 9.94. The van der Waals surface area contributed by atoms with Crippen molar-refractivity contribution in [2.75, 3.05) is 24.4 Å². The number of methoxy groups -OCH3 is 2. The summed E-state index contributed by atoms with van der Waals surface area (Å²) in [5, 5.41) is 13.9. The maximum Gasteiger partial charge on any atom is 0.300 e. The molecule has 9 heteroatoms. The number of nitrogens with one attached hydrogen (secondary N) is 1. The van der Waals surface area contributed by atoms with Gasteiger partial charge in [0.05, 0.1) is 31.4 Å². The molecule has 0 aromatic heterocycles. The number of benzene rings is 3. The van der Waals surface area contributed by atoms with Crippen LogP contribution in [0.15, 0.2) is 72.3 Å². The molecule has 1 saturated heterocycles. The number of ketones is 1. The van der Waals surface area contributed by atoms with Crippen LogP contribution >= 0.6 is 0 Å². The Bertz CT molecular complexity index is 1370. The van der Waals surface area contributed by atoms with Gasteiger partial charge in [-0.15, -0.1) is 0 Å². The molecule has 1 atom stereocenters. The molecule has 4 rings (SSSR count). The lowest BCUT2D eigenvalue weighted by molar-refractivity contribution is -0.132. The summed E-state index contributed by atoms with van der Waals surface area (Å²) in [6.07, 6.45) is 0. The molecule has 36 heavy (non-hydrogen) atoms. The molecule has 0 radical (unpaired) electrons. The molecule has 8 nitrogen and oxygen atoms in total. The quantitative estimate of drug-likeness (QED) is 0.301. The number of Topliss-reactive ketones (excluding diaryl/α,β-unsaturated/α-hetero) is 1. The monoisotopic (exact) mass is 490 g/mol. The minimum absolute atomic E-state index is 0.0602. The van der Waals surface area contributed by atoms with Crippen LogP contribution in [0.1, 0.15) is 24.1 Å². The fraction of sp³-hybridized carbons (Fsp3) is 0.148. The minimum atomic E-state index is -1.03. The Kier molecular flexibility index (Phi) is 6.73. The molecule has 1 fully saturated rings. The Morgan fingerprint density at radius 3 is 2.22 bits per heavy atom. The van der Waals surface area contributed by atoms with Crippen LogP contribution in [0.3, 0.4) is 0 Å². The number of amides is 2. The van der Waals surface area contributed by atoms with Crippen LogP contribution in [0.25, 0.3) is 5.76 Å². The predicted octanol–water partition coefficient (Wildman–Crippen LogP) is 4.43. The molecule has 1 aliphatic rings. The Morgan fingerprint density at radius 1 is 0.972 bits per heavy atom. The van der Waals surface area contributed by atoms with E-state index in [4.69, 9.17) is 9.47 Å². The van der Waals surface area contributed by atoms with Crippen LogP contribution in [0.5, 0.6) is 11.5 Å². The number of rotatable bonds is 6. The van der Waals surface area contributed by atoms with Crippen molar-refractivity contribution >= 4 is 34.7 Å². The summed E-state index contributed by atoms with van der Waals surface area (Å²) in [5.74, 6) is -2.60. The molecule has 184 valence electrons. The van der Waals surface area contributed by atoms with Gasteiger partial charge in [-0.05, 0) is 60.2 Å². The number of carbonyl (C=O) groups is 3. The molecule has 0 spiro atoms. The average molecular weight is 490 g/mol. The van der Waals surface area contributed by atoms with E-state index in [2.05, 4.69) is 5.32 Å². The fourth-order valence-corrected chi connectivity index (χ4v) is 4.12. The van der Waals surface area contributed by atoms with Gasteiger partial charge in [-0.3, -0.25) is 19.3 Å². The smallest absolute Gasteiger partial charge is 0.300 e. The molecule has 3 aromatic rings. The highest BCUT2D eigenvalue weighted by molar-refractivity contribution is 6.51. The summed E-state index contributed by atoms with van der Waals surface area (Å²) in [6, 6.07) is 15.5. The molecular weight excluding hydrogens is 467 g/mol. The van der Waals surface area contributed by atoms with Crippen molar-refractivity contribution in [2.45, 2.75) is 13.0 Å². The molecule has 1 heterocycles. The molecule has 3 aromatic carbocycles. The van der Waals surface area contributed by atoms with Gasteiger partial charge in [0.2, 0.25) is 5.91 Å². The Balaban J connectivity index is 1.91. The molecule has 2 amide bonds. The van der Waals surface area contributed by atoms with Gasteiger partial charge < -0.3 is 19.9 Å². The summed E-state index contributed by atoms with van der Waals surface area (Å²) < 4.78 is 24.5. The van der Waals surface area contributed by atoms with Crippen molar-refractivity contribution < 1.29 is 33.4 Å². The van der Waals surface area contributed by atoms with Gasteiger partial charge in [0, 0.05) is 18.3 Å². The number of anilines is 2. The van der Waals surface area contributed by atoms with E-state index in [1.807, 2.05) is 0 Å². The number of ether oxygens (including phenoxy) is 2. The van der Waals surface area contributed by atoms with E-state index >= 15 is 0 Å². The Hall–Kier alpha value is -4.66. The zero-order chi connectivity index (χ0) is 26.0. The first-order chi connectivity index (χ1) is 17.2. The molecule has 0 aliphatic carbocycles. The number of aliphatic hydroxyl groups excluding tert-OH is 1. The molecule has 0 bridgehead atoms. The summed E-state index contributed by atoms with van der Waals surface area (Å²) in [5.41, 5.74) is 1.10. The third-order valence-electron chi connectivity index (χ3n) is 5.76. The standard InChI is InChI=1S/C27H23FN2O6/c1-15(31)29-18-7-9-19(10-8-18)30-24(16-4-11-20(35-2)12-5-16)23(26(33)27(30)34)25(32)21-14-17(28)6-13-22(21)36-3/h4-14,24,32H,1-3H3,(H,29,31)/b25-23+. The van der Waals surface area contributed by atoms with Crippen LogP contribution < -0.4 is 19.7 Å². The first-order valence-corrected chi connectivity index (χ1v) is 10.9. The molecule has 1 aliphatic heterocycles.